The summed E-state index contributed by atoms with van der Waals surface area (Å²) in [6, 6.07) is 17.8. The van der Waals surface area contributed by atoms with Crippen LogP contribution in [-0.2, 0) is 0 Å². The number of hydrazone groups is 1. The summed E-state index contributed by atoms with van der Waals surface area (Å²) < 4.78 is 23.3. The van der Waals surface area contributed by atoms with Crippen LogP contribution in [-0.4, -0.2) is 29.1 Å². The highest BCUT2D eigenvalue weighted by molar-refractivity contribution is 6.02. The standard InChI is InChI=1S/C24H21N3O4/c1-2-28-21-8-5-6-16-19-13-18(15-9-10-20-22(12-15)30-14-29-20)26-27(19)24(31-23(16)21)17-7-3-4-11-25-17/h3-12,19,24H,2,13-14H2,1H3/t19-,24-/m1/s1. The Morgan fingerprint density at radius 3 is 2.87 bits per heavy atom. The molecule has 0 spiro atoms. The van der Waals surface area contributed by atoms with E-state index in [-0.39, 0.29) is 12.8 Å². The molecule has 7 heteroatoms. The molecule has 0 radical (unpaired) electrons. The minimum atomic E-state index is -0.438. The molecule has 0 saturated carbocycles. The molecule has 0 saturated heterocycles. The number of ether oxygens (including phenoxy) is 4. The van der Waals surface area contributed by atoms with Gasteiger partial charge in [-0.3, -0.25) is 4.98 Å². The molecule has 3 aromatic rings. The third kappa shape index (κ3) is 2.96. The Labute approximate surface area is 179 Å². The highest BCUT2D eigenvalue weighted by atomic mass is 16.7. The smallest absolute Gasteiger partial charge is 0.231 e. The lowest BCUT2D eigenvalue weighted by molar-refractivity contribution is -0.0240. The number of rotatable bonds is 4. The molecule has 31 heavy (non-hydrogen) atoms. The van der Waals surface area contributed by atoms with E-state index >= 15 is 0 Å². The molecule has 0 amide bonds. The summed E-state index contributed by atoms with van der Waals surface area (Å²) in [4.78, 5) is 4.54. The van der Waals surface area contributed by atoms with Gasteiger partial charge in [-0.2, -0.15) is 5.10 Å². The van der Waals surface area contributed by atoms with Gasteiger partial charge >= 0.3 is 0 Å². The summed E-state index contributed by atoms with van der Waals surface area (Å²) in [6.07, 6.45) is 2.08. The molecule has 2 atom stereocenters. The maximum Gasteiger partial charge on any atom is 0.231 e. The van der Waals surface area contributed by atoms with E-state index in [9.17, 15) is 0 Å². The molecule has 156 valence electrons. The van der Waals surface area contributed by atoms with Gasteiger partial charge < -0.3 is 18.9 Å². The first-order chi connectivity index (χ1) is 15.3. The summed E-state index contributed by atoms with van der Waals surface area (Å²) in [5, 5.41) is 7.00. The Morgan fingerprint density at radius 1 is 1.06 bits per heavy atom. The number of nitrogens with zero attached hydrogens (tertiary/aromatic N) is 3. The van der Waals surface area contributed by atoms with Crippen LogP contribution in [0.25, 0.3) is 0 Å². The fourth-order valence-corrected chi connectivity index (χ4v) is 4.32. The number of aromatic nitrogens is 1. The summed E-state index contributed by atoms with van der Waals surface area (Å²) >= 11 is 0. The van der Waals surface area contributed by atoms with Crippen LogP contribution in [0.4, 0.5) is 0 Å². The van der Waals surface area contributed by atoms with Gasteiger partial charge in [0.15, 0.2) is 23.0 Å². The Kier molecular flexibility index (Phi) is 4.19. The van der Waals surface area contributed by atoms with Crippen molar-refractivity contribution in [3.8, 4) is 23.0 Å². The predicted octanol–water partition coefficient (Wildman–Crippen LogP) is 4.45. The lowest BCUT2D eigenvalue weighted by Crippen LogP contribution is -2.34. The average molecular weight is 415 g/mol. The van der Waals surface area contributed by atoms with Gasteiger partial charge in [0.05, 0.1) is 18.4 Å². The molecule has 3 aliphatic rings. The fraction of sp³-hybridized carbons (Fsp3) is 0.250. The minimum Gasteiger partial charge on any atom is -0.490 e. The van der Waals surface area contributed by atoms with E-state index < -0.39 is 6.23 Å². The van der Waals surface area contributed by atoms with Crippen molar-refractivity contribution in [1.82, 2.24) is 9.99 Å². The number of hydrogen-bond acceptors (Lipinski definition) is 7. The molecule has 0 aliphatic carbocycles. The van der Waals surface area contributed by atoms with Crippen LogP contribution >= 0.6 is 0 Å². The third-order valence-electron chi connectivity index (χ3n) is 5.73. The Morgan fingerprint density at radius 2 is 2.00 bits per heavy atom. The van der Waals surface area contributed by atoms with E-state index in [1.165, 1.54) is 0 Å². The van der Waals surface area contributed by atoms with Gasteiger partial charge in [0.1, 0.15) is 5.69 Å². The Hall–Kier alpha value is -3.74. The van der Waals surface area contributed by atoms with Crippen molar-refractivity contribution in [1.29, 1.82) is 0 Å². The number of para-hydroxylation sites is 1. The van der Waals surface area contributed by atoms with E-state index in [0.717, 1.165) is 52.0 Å². The van der Waals surface area contributed by atoms with Crippen LogP contribution < -0.4 is 18.9 Å². The van der Waals surface area contributed by atoms with Crippen molar-refractivity contribution in [2.45, 2.75) is 25.6 Å². The fourth-order valence-electron chi connectivity index (χ4n) is 4.32. The number of benzene rings is 2. The molecular formula is C24H21N3O4. The molecule has 4 heterocycles. The van der Waals surface area contributed by atoms with Crippen molar-refractivity contribution in [2.24, 2.45) is 5.10 Å². The number of hydrogen-bond donors (Lipinski definition) is 0. The van der Waals surface area contributed by atoms with Crippen LogP contribution in [0.3, 0.4) is 0 Å². The van der Waals surface area contributed by atoms with E-state index in [1.54, 1.807) is 6.20 Å². The summed E-state index contributed by atoms with van der Waals surface area (Å²) in [7, 11) is 0. The van der Waals surface area contributed by atoms with E-state index in [1.807, 2.05) is 60.5 Å². The first kappa shape index (κ1) is 18.1. The molecule has 3 aliphatic heterocycles. The molecule has 0 fully saturated rings. The van der Waals surface area contributed by atoms with Crippen LogP contribution in [0, 0.1) is 0 Å². The maximum absolute atomic E-state index is 6.46. The molecule has 6 rings (SSSR count). The van der Waals surface area contributed by atoms with Crippen molar-refractivity contribution >= 4 is 5.71 Å². The Balaban J connectivity index is 1.44. The van der Waals surface area contributed by atoms with Gasteiger partial charge in [-0.25, -0.2) is 5.01 Å². The minimum absolute atomic E-state index is 0.0246. The van der Waals surface area contributed by atoms with Gasteiger partial charge in [0, 0.05) is 23.7 Å². The molecule has 7 nitrogen and oxygen atoms in total. The van der Waals surface area contributed by atoms with Gasteiger partial charge in [-0.05, 0) is 43.3 Å². The largest absolute Gasteiger partial charge is 0.490 e. The second-order valence-electron chi connectivity index (χ2n) is 7.55. The van der Waals surface area contributed by atoms with Crippen molar-refractivity contribution < 1.29 is 18.9 Å². The highest BCUT2D eigenvalue weighted by Crippen LogP contribution is 2.50. The number of fused-ring (bicyclic) bond motifs is 4. The van der Waals surface area contributed by atoms with Crippen molar-refractivity contribution in [3.05, 3.63) is 77.6 Å². The van der Waals surface area contributed by atoms with E-state index in [4.69, 9.17) is 24.0 Å². The first-order valence-electron chi connectivity index (χ1n) is 10.4. The quantitative estimate of drug-likeness (QED) is 0.627. The van der Waals surface area contributed by atoms with Gasteiger partial charge in [0.2, 0.25) is 13.0 Å². The zero-order valence-electron chi connectivity index (χ0n) is 17.0. The first-order valence-corrected chi connectivity index (χ1v) is 10.4. The second kappa shape index (κ2) is 7.19. The normalized spacial score (nSPS) is 20.5. The summed E-state index contributed by atoms with van der Waals surface area (Å²) in [5.41, 5.74) is 3.86. The predicted molar refractivity (Wildman–Crippen MR) is 114 cm³/mol. The molecule has 2 aromatic carbocycles. The van der Waals surface area contributed by atoms with E-state index in [2.05, 4.69) is 11.1 Å². The van der Waals surface area contributed by atoms with Crippen LogP contribution in [0.2, 0.25) is 0 Å². The zero-order chi connectivity index (χ0) is 20.8. The summed E-state index contributed by atoms with van der Waals surface area (Å²) in [5.74, 6) is 3.03. The summed E-state index contributed by atoms with van der Waals surface area (Å²) in [6.45, 7) is 2.80. The molecule has 0 unspecified atom stereocenters. The van der Waals surface area contributed by atoms with Gasteiger partial charge in [-0.15, -0.1) is 0 Å². The SMILES string of the molecule is CCOc1cccc2c1O[C@H](c1ccccn1)N1N=C(c3ccc4c(c3)OCO4)C[C@H]21. The van der Waals surface area contributed by atoms with E-state index in [0.29, 0.717) is 6.61 Å². The Bertz CT molecular complexity index is 1160. The number of pyridine rings is 1. The molecule has 0 bridgehead atoms. The molecular weight excluding hydrogens is 394 g/mol. The van der Waals surface area contributed by atoms with Crippen LogP contribution in [0.5, 0.6) is 23.0 Å². The van der Waals surface area contributed by atoms with Gasteiger partial charge in [-0.1, -0.05) is 18.2 Å². The monoisotopic (exact) mass is 415 g/mol. The van der Waals surface area contributed by atoms with Crippen LogP contribution in [0.15, 0.2) is 65.9 Å². The van der Waals surface area contributed by atoms with Gasteiger partial charge in [0.25, 0.3) is 0 Å². The lowest BCUT2D eigenvalue weighted by atomic mass is 9.96. The maximum atomic E-state index is 6.46. The third-order valence-corrected chi connectivity index (χ3v) is 5.73. The lowest BCUT2D eigenvalue weighted by Gasteiger charge is -2.38. The second-order valence-corrected chi connectivity index (χ2v) is 7.55. The topological polar surface area (TPSA) is 65.4 Å². The zero-order valence-corrected chi connectivity index (χ0v) is 17.0. The molecule has 0 N–H and O–H groups in total. The van der Waals surface area contributed by atoms with Crippen molar-refractivity contribution in [2.75, 3.05) is 13.4 Å². The van der Waals surface area contributed by atoms with Crippen molar-refractivity contribution in [3.63, 3.8) is 0 Å². The average Bonchev–Trinajstić information content (AvgIpc) is 3.46. The van der Waals surface area contributed by atoms with Crippen LogP contribution in [0.1, 0.15) is 42.4 Å². The molecule has 1 aromatic heterocycles. The highest BCUT2D eigenvalue weighted by Gasteiger charge is 2.42.